The second-order valence-corrected chi connectivity index (χ2v) is 13.9. The van der Waals surface area contributed by atoms with Gasteiger partial charge in [-0.15, -0.1) is 0 Å². The number of likely N-dealkylation sites (tertiary alicyclic amines) is 1. The van der Waals surface area contributed by atoms with Crippen LogP contribution in [0.15, 0.2) is 42.5 Å². The maximum Gasteiger partial charge on any atom is 0.417 e. The van der Waals surface area contributed by atoms with Gasteiger partial charge in [0.2, 0.25) is 5.91 Å². The summed E-state index contributed by atoms with van der Waals surface area (Å²) in [6.45, 7) is 8.54. The van der Waals surface area contributed by atoms with Crippen molar-refractivity contribution >= 4 is 5.91 Å². The van der Waals surface area contributed by atoms with Gasteiger partial charge in [-0.3, -0.25) is 9.69 Å². The molecule has 0 radical (unpaired) electrons. The molecule has 2 aliphatic heterocycles. The Bertz CT molecular complexity index is 1350. The van der Waals surface area contributed by atoms with E-state index in [0.29, 0.717) is 56.3 Å². The lowest BCUT2D eigenvalue weighted by molar-refractivity contribution is -0.162. The third-order valence-electron chi connectivity index (χ3n) is 10.2. The van der Waals surface area contributed by atoms with Crippen molar-refractivity contribution in [3.8, 4) is 5.75 Å². The van der Waals surface area contributed by atoms with Crippen LogP contribution in [0.1, 0.15) is 87.5 Å². The maximum atomic E-state index is 14.1. The standard InChI is InChI=1S/C36H47F6N3O2/c1-26(2)47-30-11-6-8-27(22-30)23-33(46)45-16-7-14-34(25-45,28-12-13-31(35(37,38)39)32(24-28)36(40,41)42)15-17-43-18-20-44(21-19-43)29-9-4-3-5-10-29/h6,8,11-13,22,24,26,29H,3-5,7,9-10,14-21,23,25H2,1-2H3/t34-/m0/s1. The molecule has 0 bridgehead atoms. The third kappa shape index (κ3) is 9.02. The maximum absolute atomic E-state index is 14.1. The molecular weight excluding hydrogens is 620 g/mol. The summed E-state index contributed by atoms with van der Waals surface area (Å²) in [7, 11) is 0. The zero-order chi connectivity index (χ0) is 33.8. The van der Waals surface area contributed by atoms with Gasteiger partial charge in [0.1, 0.15) is 5.75 Å². The number of hydrogen-bond donors (Lipinski definition) is 0. The van der Waals surface area contributed by atoms with Crippen LogP contribution >= 0.6 is 0 Å². The fraction of sp³-hybridized carbons (Fsp3) is 0.639. The summed E-state index contributed by atoms with van der Waals surface area (Å²) in [6.07, 6.45) is -2.55. The number of piperazine rings is 1. The molecule has 1 saturated carbocycles. The number of nitrogens with zero attached hydrogens (tertiary/aromatic N) is 3. The Kier molecular flexibility index (Phi) is 11.2. The second kappa shape index (κ2) is 14.8. The van der Waals surface area contributed by atoms with Gasteiger partial charge in [-0.05, 0) is 87.9 Å². The van der Waals surface area contributed by atoms with E-state index in [1.807, 2.05) is 38.1 Å². The summed E-state index contributed by atoms with van der Waals surface area (Å²) in [5.41, 5.74) is -3.30. The van der Waals surface area contributed by atoms with Crippen molar-refractivity contribution in [1.29, 1.82) is 0 Å². The molecular formula is C36H47F6N3O2. The Morgan fingerprint density at radius 1 is 0.872 bits per heavy atom. The number of halogens is 6. The van der Waals surface area contributed by atoms with Gasteiger partial charge in [0.25, 0.3) is 0 Å². The average Bonchev–Trinajstić information content (AvgIpc) is 3.03. The minimum absolute atomic E-state index is 0.0378. The van der Waals surface area contributed by atoms with Gasteiger partial charge in [0.05, 0.1) is 23.7 Å². The SMILES string of the molecule is CC(C)Oc1cccc(CC(=O)N2CCC[C@@](CCN3CCN(C4CCCCC4)CC3)(c3ccc(C(F)(F)F)c(C(F)(F)F)c3)C2)c1. The van der Waals surface area contributed by atoms with Gasteiger partial charge in [-0.25, -0.2) is 0 Å². The van der Waals surface area contributed by atoms with E-state index < -0.39 is 28.9 Å². The van der Waals surface area contributed by atoms with Crippen LogP contribution in [0.3, 0.4) is 0 Å². The van der Waals surface area contributed by atoms with E-state index in [1.165, 1.54) is 38.2 Å². The number of carbonyl (C=O) groups is 1. The predicted octanol–water partition coefficient (Wildman–Crippen LogP) is 7.95. The largest absolute Gasteiger partial charge is 0.491 e. The van der Waals surface area contributed by atoms with Crippen LogP contribution in [0.2, 0.25) is 0 Å². The Morgan fingerprint density at radius 3 is 2.23 bits per heavy atom. The molecule has 2 saturated heterocycles. The molecule has 47 heavy (non-hydrogen) atoms. The minimum Gasteiger partial charge on any atom is -0.491 e. The minimum atomic E-state index is -5.18. The van der Waals surface area contributed by atoms with E-state index in [1.54, 1.807) is 4.90 Å². The summed E-state index contributed by atoms with van der Waals surface area (Å²) in [6, 6.07) is 10.4. The number of rotatable bonds is 9. The number of hydrogen-bond acceptors (Lipinski definition) is 4. The summed E-state index contributed by atoms with van der Waals surface area (Å²) in [5, 5.41) is 0. The van der Waals surface area contributed by atoms with Gasteiger partial charge >= 0.3 is 12.4 Å². The van der Waals surface area contributed by atoms with E-state index in [9.17, 15) is 31.1 Å². The highest BCUT2D eigenvalue weighted by Gasteiger charge is 2.46. The van der Waals surface area contributed by atoms with Crippen molar-refractivity contribution in [2.75, 3.05) is 45.8 Å². The van der Waals surface area contributed by atoms with Gasteiger partial charge in [0.15, 0.2) is 0 Å². The lowest BCUT2D eigenvalue weighted by Gasteiger charge is -2.46. The molecule has 1 amide bonds. The molecule has 3 fully saturated rings. The smallest absolute Gasteiger partial charge is 0.417 e. The van der Waals surface area contributed by atoms with Crippen molar-refractivity contribution in [2.45, 2.75) is 102 Å². The number of ether oxygens (including phenoxy) is 1. The first-order valence-corrected chi connectivity index (χ1v) is 17.0. The van der Waals surface area contributed by atoms with Crippen LogP contribution in [0.25, 0.3) is 0 Å². The van der Waals surface area contributed by atoms with Crippen molar-refractivity contribution in [2.24, 2.45) is 0 Å². The molecule has 1 aliphatic carbocycles. The molecule has 3 aliphatic rings. The number of piperidine rings is 1. The van der Waals surface area contributed by atoms with Gasteiger partial charge < -0.3 is 14.5 Å². The monoisotopic (exact) mass is 667 g/mol. The topological polar surface area (TPSA) is 36.0 Å². The molecule has 260 valence electrons. The lowest BCUT2D eigenvalue weighted by atomic mass is 9.70. The normalized spacial score (nSPS) is 22.5. The van der Waals surface area contributed by atoms with Crippen LogP contribution < -0.4 is 4.74 Å². The van der Waals surface area contributed by atoms with Gasteiger partial charge in [-0.1, -0.05) is 37.5 Å². The Hall–Kier alpha value is -2.79. The third-order valence-corrected chi connectivity index (χ3v) is 10.2. The van der Waals surface area contributed by atoms with E-state index >= 15 is 0 Å². The zero-order valence-corrected chi connectivity index (χ0v) is 27.4. The predicted molar refractivity (Wildman–Crippen MR) is 169 cm³/mol. The molecule has 2 aromatic carbocycles. The van der Waals surface area contributed by atoms with Crippen LogP contribution in [-0.4, -0.2) is 78.6 Å². The Labute approximate surface area is 274 Å². The molecule has 0 N–H and O–H groups in total. The average molecular weight is 668 g/mol. The van der Waals surface area contributed by atoms with Crippen LogP contribution in [-0.2, 0) is 29.0 Å². The summed E-state index contributed by atoms with van der Waals surface area (Å²) >= 11 is 0. The Balaban J connectivity index is 1.38. The Morgan fingerprint density at radius 2 is 1.57 bits per heavy atom. The van der Waals surface area contributed by atoms with E-state index in [4.69, 9.17) is 4.74 Å². The van der Waals surface area contributed by atoms with Crippen molar-refractivity contribution in [3.05, 3.63) is 64.7 Å². The molecule has 5 rings (SSSR count). The molecule has 2 heterocycles. The lowest BCUT2D eigenvalue weighted by Crippen LogP contribution is -2.53. The quantitative estimate of drug-likeness (QED) is 0.255. The highest BCUT2D eigenvalue weighted by Crippen LogP contribution is 2.45. The highest BCUT2D eigenvalue weighted by atomic mass is 19.4. The number of alkyl halides is 6. The highest BCUT2D eigenvalue weighted by molar-refractivity contribution is 5.79. The molecule has 2 aromatic rings. The summed E-state index contributed by atoms with van der Waals surface area (Å²) in [5.74, 6) is 0.478. The van der Waals surface area contributed by atoms with Gasteiger partial charge in [0, 0.05) is 50.7 Å². The molecule has 0 unspecified atom stereocenters. The van der Waals surface area contributed by atoms with Gasteiger partial charge in [-0.2, -0.15) is 26.3 Å². The van der Waals surface area contributed by atoms with E-state index in [0.717, 1.165) is 31.7 Å². The molecule has 11 heteroatoms. The zero-order valence-electron chi connectivity index (χ0n) is 27.4. The van der Waals surface area contributed by atoms with Crippen LogP contribution in [0.4, 0.5) is 26.3 Å². The number of amides is 1. The molecule has 0 aromatic heterocycles. The first kappa shape index (κ1) is 35.5. The van der Waals surface area contributed by atoms with Crippen molar-refractivity contribution < 1.29 is 35.9 Å². The van der Waals surface area contributed by atoms with Crippen molar-refractivity contribution in [3.63, 3.8) is 0 Å². The van der Waals surface area contributed by atoms with E-state index in [2.05, 4.69) is 9.80 Å². The molecule has 5 nitrogen and oxygen atoms in total. The fourth-order valence-corrected chi connectivity index (χ4v) is 7.74. The van der Waals surface area contributed by atoms with Crippen molar-refractivity contribution in [1.82, 2.24) is 14.7 Å². The summed E-state index contributed by atoms with van der Waals surface area (Å²) in [4.78, 5) is 20.2. The first-order valence-electron chi connectivity index (χ1n) is 17.0. The van der Waals surface area contributed by atoms with Crippen LogP contribution in [0, 0.1) is 0 Å². The number of benzene rings is 2. The second-order valence-electron chi connectivity index (χ2n) is 13.9. The van der Waals surface area contributed by atoms with Crippen LogP contribution in [0.5, 0.6) is 5.75 Å². The molecule has 0 spiro atoms. The number of carbonyl (C=O) groups excluding carboxylic acids is 1. The molecule has 1 atom stereocenters. The fourth-order valence-electron chi connectivity index (χ4n) is 7.74. The van der Waals surface area contributed by atoms with E-state index in [-0.39, 0.29) is 30.5 Å². The first-order chi connectivity index (χ1) is 22.2. The summed E-state index contributed by atoms with van der Waals surface area (Å²) < 4.78 is 89.2.